The molecular weight excluding hydrogens is 233 g/mol. The van der Waals surface area contributed by atoms with Crippen LogP contribution in [0.25, 0.3) is 0 Å². The van der Waals surface area contributed by atoms with Crippen molar-refractivity contribution in [2.24, 2.45) is 0 Å². The van der Waals surface area contributed by atoms with Crippen molar-refractivity contribution >= 4 is 33.2 Å². The highest BCUT2D eigenvalue weighted by Crippen LogP contribution is 2.26. The summed E-state index contributed by atoms with van der Waals surface area (Å²) in [6.45, 7) is 0. The fraction of sp³-hybridized carbons (Fsp3) is 0. The molecule has 0 bridgehead atoms. The SMILES string of the molecule is O=[N+]([O-])c1ccc(Br)c(Cl)c1. The highest BCUT2D eigenvalue weighted by atomic mass is 79.9. The molecule has 58 valence electrons. The predicted octanol–water partition coefficient (Wildman–Crippen LogP) is 3.01. The second-order valence-electron chi connectivity index (χ2n) is 1.86. The maximum absolute atomic E-state index is 10.2. The molecule has 5 heteroatoms. The first kappa shape index (κ1) is 8.49. The lowest BCUT2D eigenvalue weighted by Gasteiger charge is -1.93. The number of nitro groups is 1. The third-order valence-corrected chi connectivity index (χ3v) is 2.35. The van der Waals surface area contributed by atoms with Crippen molar-refractivity contribution in [3.63, 3.8) is 0 Å². The average molecular weight is 236 g/mol. The minimum absolute atomic E-state index is 0.00167. The van der Waals surface area contributed by atoms with E-state index in [9.17, 15) is 10.1 Å². The number of nitro benzene ring substituents is 1. The second-order valence-corrected chi connectivity index (χ2v) is 3.12. The molecule has 0 aliphatic carbocycles. The van der Waals surface area contributed by atoms with E-state index in [1.807, 2.05) is 0 Å². The molecule has 0 saturated carbocycles. The summed E-state index contributed by atoms with van der Waals surface area (Å²) >= 11 is 8.73. The molecule has 0 saturated heterocycles. The minimum Gasteiger partial charge on any atom is -0.258 e. The highest BCUT2D eigenvalue weighted by Gasteiger charge is 2.06. The van der Waals surface area contributed by atoms with Crippen LogP contribution in [0.15, 0.2) is 22.7 Å². The molecule has 11 heavy (non-hydrogen) atoms. The molecule has 0 aliphatic rings. The van der Waals surface area contributed by atoms with Crippen molar-refractivity contribution in [2.75, 3.05) is 0 Å². The molecule has 0 fully saturated rings. The largest absolute Gasteiger partial charge is 0.270 e. The molecule has 0 heterocycles. The van der Waals surface area contributed by atoms with Gasteiger partial charge in [-0.05, 0) is 22.0 Å². The molecule has 0 aromatic heterocycles. The van der Waals surface area contributed by atoms with E-state index in [-0.39, 0.29) is 5.69 Å². The van der Waals surface area contributed by atoms with E-state index in [1.165, 1.54) is 12.1 Å². The molecule has 0 spiro atoms. The molecule has 0 unspecified atom stereocenters. The molecule has 0 aliphatic heterocycles. The van der Waals surface area contributed by atoms with Crippen LogP contribution in [0.2, 0.25) is 5.02 Å². The molecule has 1 aromatic carbocycles. The van der Waals surface area contributed by atoms with Crippen LogP contribution in [0.1, 0.15) is 0 Å². The Kier molecular flexibility index (Phi) is 2.46. The molecule has 0 radical (unpaired) electrons. The lowest BCUT2D eigenvalue weighted by atomic mass is 10.3. The quantitative estimate of drug-likeness (QED) is 0.556. The minimum atomic E-state index is -0.488. The van der Waals surface area contributed by atoms with Gasteiger partial charge in [-0.3, -0.25) is 10.1 Å². The van der Waals surface area contributed by atoms with E-state index in [0.29, 0.717) is 9.50 Å². The van der Waals surface area contributed by atoms with Crippen LogP contribution in [0, 0.1) is 10.1 Å². The average Bonchev–Trinajstić information content (AvgIpc) is 1.94. The highest BCUT2D eigenvalue weighted by molar-refractivity contribution is 9.10. The van der Waals surface area contributed by atoms with E-state index in [1.54, 1.807) is 6.07 Å². The van der Waals surface area contributed by atoms with E-state index in [4.69, 9.17) is 11.6 Å². The molecule has 0 atom stereocenters. The van der Waals surface area contributed by atoms with Gasteiger partial charge >= 0.3 is 0 Å². The topological polar surface area (TPSA) is 43.1 Å². The first-order chi connectivity index (χ1) is 5.11. The Balaban J connectivity index is 3.15. The zero-order valence-electron chi connectivity index (χ0n) is 5.25. The zero-order chi connectivity index (χ0) is 8.43. The van der Waals surface area contributed by atoms with Gasteiger partial charge in [-0.25, -0.2) is 0 Å². The van der Waals surface area contributed by atoms with Crippen LogP contribution in [0.5, 0.6) is 0 Å². The predicted molar refractivity (Wildman–Crippen MR) is 45.8 cm³/mol. The maximum Gasteiger partial charge on any atom is 0.270 e. The Morgan fingerprint density at radius 2 is 2.18 bits per heavy atom. The van der Waals surface area contributed by atoms with E-state index in [2.05, 4.69) is 15.9 Å². The normalized spacial score (nSPS) is 9.64. The molecule has 3 nitrogen and oxygen atoms in total. The second kappa shape index (κ2) is 3.19. The van der Waals surface area contributed by atoms with Crippen molar-refractivity contribution in [1.82, 2.24) is 0 Å². The van der Waals surface area contributed by atoms with Gasteiger partial charge in [-0.1, -0.05) is 11.6 Å². The summed E-state index contributed by atoms with van der Waals surface area (Å²) in [7, 11) is 0. The lowest BCUT2D eigenvalue weighted by Crippen LogP contribution is -1.86. The summed E-state index contributed by atoms with van der Waals surface area (Å²) in [5, 5.41) is 10.5. The number of rotatable bonds is 1. The van der Waals surface area contributed by atoms with Gasteiger partial charge < -0.3 is 0 Å². The van der Waals surface area contributed by atoms with E-state index < -0.39 is 4.92 Å². The van der Waals surface area contributed by atoms with Gasteiger partial charge in [0, 0.05) is 16.6 Å². The monoisotopic (exact) mass is 235 g/mol. The van der Waals surface area contributed by atoms with Crippen molar-refractivity contribution in [2.45, 2.75) is 0 Å². The Morgan fingerprint density at radius 3 is 2.64 bits per heavy atom. The van der Waals surface area contributed by atoms with Crippen molar-refractivity contribution < 1.29 is 4.92 Å². The Labute approximate surface area is 76.3 Å². The maximum atomic E-state index is 10.2. The lowest BCUT2D eigenvalue weighted by molar-refractivity contribution is -0.384. The van der Waals surface area contributed by atoms with Crippen LogP contribution < -0.4 is 0 Å². The third kappa shape index (κ3) is 1.91. The summed E-state index contributed by atoms with van der Waals surface area (Å²) in [4.78, 5) is 9.71. The zero-order valence-corrected chi connectivity index (χ0v) is 7.59. The molecule has 1 rings (SSSR count). The van der Waals surface area contributed by atoms with Crippen molar-refractivity contribution in [1.29, 1.82) is 0 Å². The standard InChI is InChI=1S/C6H3BrClNO2/c7-5-2-1-4(9(10)11)3-6(5)8/h1-3H. The van der Waals surface area contributed by atoms with Gasteiger partial charge in [0.25, 0.3) is 5.69 Å². The van der Waals surface area contributed by atoms with Crippen LogP contribution in [-0.4, -0.2) is 4.92 Å². The number of hydrogen-bond donors (Lipinski definition) is 0. The number of benzene rings is 1. The fourth-order valence-corrected chi connectivity index (χ4v) is 1.02. The van der Waals surface area contributed by atoms with Crippen LogP contribution in [-0.2, 0) is 0 Å². The van der Waals surface area contributed by atoms with Gasteiger partial charge in [-0.2, -0.15) is 0 Å². The number of non-ortho nitro benzene ring substituents is 1. The third-order valence-electron chi connectivity index (χ3n) is 1.11. The summed E-state index contributed by atoms with van der Waals surface area (Å²) in [5.74, 6) is 0. The first-order valence-corrected chi connectivity index (χ1v) is 3.88. The van der Waals surface area contributed by atoms with Crippen LogP contribution >= 0.6 is 27.5 Å². The molecule has 0 N–H and O–H groups in total. The number of nitrogens with zero attached hydrogens (tertiary/aromatic N) is 1. The molecule has 0 amide bonds. The van der Waals surface area contributed by atoms with E-state index >= 15 is 0 Å². The first-order valence-electron chi connectivity index (χ1n) is 2.70. The molecular formula is C6H3BrClNO2. The molecule has 1 aromatic rings. The van der Waals surface area contributed by atoms with Crippen LogP contribution in [0.4, 0.5) is 5.69 Å². The van der Waals surface area contributed by atoms with Gasteiger partial charge in [0.1, 0.15) is 0 Å². The van der Waals surface area contributed by atoms with Gasteiger partial charge in [0.15, 0.2) is 0 Å². The summed E-state index contributed by atoms with van der Waals surface area (Å²) < 4.78 is 0.657. The van der Waals surface area contributed by atoms with Gasteiger partial charge in [0.2, 0.25) is 0 Å². The summed E-state index contributed by atoms with van der Waals surface area (Å²) in [6, 6.07) is 4.22. The summed E-state index contributed by atoms with van der Waals surface area (Å²) in [6.07, 6.45) is 0. The number of hydrogen-bond acceptors (Lipinski definition) is 2. The van der Waals surface area contributed by atoms with Gasteiger partial charge in [-0.15, -0.1) is 0 Å². The Morgan fingerprint density at radius 1 is 1.55 bits per heavy atom. The van der Waals surface area contributed by atoms with Crippen molar-refractivity contribution in [3.8, 4) is 0 Å². The summed E-state index contributed by atoms with van der Waals surface area (Å²) in [5.41, 5.74) is -0.00167. The van der Waals surface area contributed by atoms with Gasteiger partial charge in [0.05, 0.1) is 9.95 Å². The Hall–Kier alpha value is -0.610. The van der Waals surface area contributed by atoms with Crippen LogP contribution in [0.3, 0.4) is 0 Å². The fourth-order valence-electron chi connectivity index (χ4n) is 0.599. The smallest absolute Gasteiger partial charge is 0.258 e. The van der Waals surface area contributed by atoms with E-state index in [0.717, 1.165) is 0 Å². The number of halogens is 2. The van der Waals surface area contributed by atoms with Crippen molar-refractivity contribution in [3.05, 3.63) is 37.8 Å². The Bertz CT molecular complexity index is 303.